The summed E-state index contributed by atoms with van der Waals surface area (Å²) in [7, 11) is 1.56. The van der Waals surface area contributed by atoms with Crippen molar-refractivity contribution >= 4 is 0 Å². The summed E-state index contributed by atoms with van der Waals surface area (Å²) in [5.74, 6) is 0.410. The minimum Gasteiger partial charge on any atom is -0.496 e. The summed E-state index contributed by atoms with van der Waals surface area (Å²) in [5.41, 5.74) is 6.60. The zero-order valence-electron chi connectivity index (χ0n) is 7.23. The molecule has 3 heteroatoms. The van der Waals surface area contributed by atoms with Gasteiger partial charge >= 0.3 is 0 Å². The summed E-state index contributed by atoms with van der Waals surface area (Å²) in [6.07, 6.45) is 0. The molecular weight excluding hydrogens is 157 g/mol. The number of hydrogen-bond acceptors (Lipinski definition) is 2. The van der Waals surface area contributed by atoms with Crippen LogP contribution in [0.15, 0.2) is 12.1 Å². The average Bonchev–Trinajstić information content (AvgIpc) is 2.05. The van der Waals surface area contributed by atoms with Crippen molar-refractivity contribution in [3.8, 4) is 5.75 Å². The first-order chi connectivity index (χ1) is 5.69. The second-order valence-electron chi connectivity index (χ2n) is 2.62. The Morgan fingerprint density at radius 1 is 1.50 bits per heavy atom. The molecular formula is C9H12FNO. The van der Waals surface area contributed by atoms with Crippen molar-refractivity contribution in [2.24, 2.45) is 5.73 Å². The Morgan fingerprint density at radius 3 is 2.67 bits per heavy atom. The van der Waals surface area contributed by atoms with Gasteiger partial charge in [-0.1, -0.05) is 0 Å². The van der Waals surface area contributed by atoms with E-state index in [-0.39, 0.29) is 12.4 Å². The van der Waals surface area contributed by atoms with Crippen molar-refractivity contribution in [2.75, 3.05) is 7.11 Å². The molecule has 0 spiro atoms. The van der Waals surface area contributed by atoms with Crippen LogP contribution < -0.4 is 10.5 Å². The zero-order valence-corrected chi connectivity index (χ0v) is 7.23. The highest BCUT2D eigenvalue weighted by molar-refractivity contribution is 5.37. The molecule has 0 atom stereocenters. The fraction of sp³-hybridized carbons (Fsp3) is 0.333. The van der Waals surface area contributed by atoms with Crippen molar-refractivity contribution in [3.05, 3.63) is 29.1 Å². The summed E-state index contributed by atoms with van der Waals surface area (Å²) in [4.78, 5) is 0. The SMILES string of the molecule is COc1cc(CN)c(F)cc1C. The first-order valence-corrected chi connectivity index (χ1v) is 3.72. The van der Waals surface area contributed by atoms with Gasteiger partial charge < -0.3 is 10.5 Å². The standard InChI is InChI=1S/C9H12FNO/c1-6-3-8(10)7(5-11)4-9(6)12-2/h3-4H,5,11H2,1-2H3. The Bertz CT molecular complexity index is 261. The largest absolute Gasteiger partial charge is 0.496 e. The average molecular weight is 169 g/mol. The lowest BCUT2D eigenvalue weighted by atomic mass is 10.1. The Hall–Kier alpha value is -1.09. The summed E-state index contributed by atoms with van der Waals surface area (Å²) in [6.45, 7) is 1.99. The van der Waals surface area contributed by atoms with E-state index in [0.717, 1.165) is 5.56 Å². The topological polar surface area (TPSA) is 35.2 Å². The predicted molar refractivity (Wildman–Crippen MR) is 45.6 cm³/mol. The zero-order chi connectivity index (χ0) is 9.14. The molecule has 0 aliphatic rings. The number of hydrogen-bond donors (Lipinski definition) is 1. The van der Waals surface area contributed by atoms with Crippen LogP contribution in [-0.4, -0.2) is 7.11 Å². The van der Waals surface area contributed by atoms with Gasteiger partial charge in [-0.2, -0.15) is 0 Å². The van der Waals surface area contributed by atoms with E-state index in [1.807, 2.05) is 0 Å². The summed E-state index contributed by atoms with van der Waals surface area (Å²) in [6, 6.07) is 3.06. The lowest BCUT2D eigenvalue weighted by Crippen LogP contribution is -2.01. The lowest BCUT2D eigenvalue weighted by molar-refractivity contribution is 0.409. The van der Waals surface area contributed by atoms with Crippen LogP contribution in [0.25, 0.3) is 0 Å². The van der Waals surface area contributed by atoms with Crippen LogP contribution in [0.5, 0.6) is 5.75 Å². The van der Waals surface area contributed by atoms with Crippen molar-refractivity contribution in [2.45, 2.75) is 13.5 Å². The quantitative estimate of drug-likeness (QED) is 0.729. The van der Waals surface area contributed by atoms with Gasteiger partial charge in [-0.05, 0) is 24.6 Å². The number of nitrogens with two attached hydrogens (primary N) is 1. The molecule has 2 nitrogen and oxygen atoms in total. The van der Waals surface area contributed by atoms with E-state index in [9.17, 15) is 4.39 Å². The Kier molecular flexibility index (Phi) is 2.65. The normalized spacial score (nSPS) is 10.0. The van der Waals surface area contributed by atoms with E-state index < -0.39 is 0 Å². The number of methoxy groups -OCH3 is 1. The molecule has 0 unspecified atom stereocenters. The predicted octanol–water partition coefficient (Wildman–Crippen LogP) is 1.60. The highest BCUT2D eigenvalue weighted by atomic mass is 19.1. The maximum Gasteiger partial charge on any atom is 0.128 e. The third-order valence-electron chi connectivity index (χ3n) is 1.78. The van der Waals surface area contributed by atoms with Gasteiger partial charge in [0.25, 0.3) is 0 Å². The Labute approximate surface area is 71.1 Å². The molecule has 0 aliphatic carbocycles. The molecule has 0 bridgehead atoms. The Morgan fingerprint density at radius 2 is 2.17 bits per heavy atom. The monoisotopic (exact) mass is 169 g/mol. The molecule has 0 aliphatic heterocycles. The van der Waals surface area contributed by atoms with Crippen LogP contribution in [-0.2, 0) is 6.54 Å². The fourth-order valence-corrected chi connectivity index (χ4v) is 1.07. The van der Waals surface area contributed by atoms with E-state index in [1.54, 1.807) is 20.1 Å². The molecule has 0 aromatic heterocycles. The first-order valence-electron chi connectivity index (χ1n) is 3.72. The molecule has 1 aromatic rings. The molecule has 66 valence electrons. The van der Waals surface area contributed by atoms with Crippen LogP contribution in [0, 0.1) is 12.7 Å². The van der Waals surface area contributed by atoms with E-state index >= 15 is 0 Å². The number of aryl methyl sites for hydroxylation is 1. The molecule has 0 amide bonds. The highest BCUT2D eigenvalue weighted by Gasteiger charge is 2.05. The smallest absolute Gasteiger partial charge is 0.128 e. The molecule has 0 saturated heterocycles. The number of benzene rings is 1. The van der Waals surface area contributed by atoms with Gasteiger partial charge in [0.15, 0.2) is 0 Å². The van der Waals surface area contributed by atoms with Gasteiger partial charge in [0.05, 0.1) is 7.11 Å². The third-order valence-corrected chi connectivity index (χ3v) is 1.78. The highest BCUT2D eigenvalue weighted by Crippen LogP contribution is 2.21. The van der Waals surface area contributed by atoms with E-state index in [0.29, 0.717) is 11.3 Å². The minimum absolute atomic E-state index is 0.197. The van der Waals surface area contributed by atoms with Crippen LogP contribution in [0.4, 0.5) is 4.39 Å². The summed E-state index contributed by atoms with van der Waals surface area (Å²) < 4.78 is 18.1. The molecule has 2 N–H and O–H groups in total. The van der Waals surface area contributed by atoms with Crippen LogP contribution in [0.1, 0.15) is 11.1 Å². The van der Waals surface area contributed by atoms with Crippen molar-refractivity contribution in [3.63, 3.8) is 0 Å². The number of ether oxygens (including phenoxy) is 1. The molecule has 0 saturated carbocycles. The van der Waals surface area contributed by atoms with Gasteiger partial charge in [-0.15, -0.1) is 0 Å². The van der Waals surface area contributed by atoms with Gasteiger partial charge in [0.2, 0.25) is 0 Å². The first kappa shape index (κ1) is 9.00. The van der Waals surface area contributed by atoms with Gasteiger partial charge in [0.1, 0.15) is 11.6 Å². The summed E-state index contributed by atoms with van der Waals surface area (Å²) in [5, 5.41) is 0. The van der Waals surface area contributed by atoms with Crippen molar-refractivity contribution < 1.29 is 9.13 Å². The molecule has 1 rings (SSSR count). The van der Waals surface area contributed by atoms with Crippen molar-refractivity contribution in [1.29, 1.82) is 0 Å². The Balaban J connectivity index is 3.18. The lowest BCUT2D eigenvalue weighted by Gasteiger charge is -2.07. The van der Waals surface area contributed by atoms with Crippen molar-refractivity contribution in [1.82, 2.24) is 0 Å². The van der Waals surface area contributed by atoms with Gasteiger partial charge in [-0.3, -0.25) is 0 Å². The summed E-state index contributed by atoms with van der Waals surface area (Å²) >= 11 is 0. The van der Waals surface area contributed by atoms with Gasteiger partial charge in [-0.25, -0.2) is 4.39 Å². The van der Waals surface area contributed by atoms with Crippen LogP contribution in [0.2, 0.25) is 0 Å². The maximum atomic E-state index is 13.0. The maximum absolute atomic E-state index is 13.0. The second kappa shape index (κ2) is 3.54. The van der Waals surface area contributed by atoms with E-state index in [2.05, 4.69) is 0 Å². The van der Waals surface area contributed by atoms with Crippen LogP contribution in [0.3, 0.4) is 0 Å². The molecule has 0 fully saturated rings. The van der Waals surface area contributed by atoms with E-state index in [4.69, 9.17) is 10.5 Å². The minimum atomic E-state index is -0.268. The molecule has 0 heterocycles. The van der Waals surface area contributed by atoms with E-state index in [1.165, 1.54) is 6.07 Å². The second-order valence-corrected chi connectivity index (χ2v) is 2.62. The molecule has 0 radical (unpaired) electrons. The third kappa shape index (κ3) is 1.56. The number of rotatable bonds is 2. The fourth-order valence-electron chi connectivity index (χ4n) is 1.07. The molecule has 12 heavy (non-hydrogen) atoms. The number of halogens is 1. The van der Waals surface area contributed by atoms with Gasteiger partial charge in [0, 0.05) is 12.1 Å². The molecule has 1 aromatic carbocycles. The van der Waals surface area contributed by atoms with Crippen LogP contribution >= 0.6 is 0 Å².